The van der Waals surface area contributed by atoms with E-state index in [-0.39, 0.29) is 5.91 Å². The normalized spacial score (nSPS) is 18.8. The van der Waals surface area contributed by atoms with Crippen molar-refractivity contribution in [2.24, 2.45) is 0 Å². The molecule has 2 aliphatic rings. The minimum atomic E-state index is -0.417. The number of morpholine rings is 1. The van der Waals surface area contributed by atoms with Crippen LogP contribution in [0, 0.1) is 0 Å². The Morgan fingerprint density at radius 2 is 2.00 bits per heavy atom. The number of amides is 1. The molecule has 1 heterocycles. The number of hydrogen-bond acceptors (Lipinski definition) is 4. The zero-order valence-electron chi connectivity index (χ0n) is 16.0. The molecule has 1 fully saturated rings. The SMILES string of the molecule is CC[C@H](Oc1ccc2c(c1)CCCC2)C(=O)NCCCN1CCOCC1. The average molecular weight is 360 g/mol. The Morgan fingerprint density at radius 1 is 1.23 bits per heavy atom. The van der Waals surface area contributed by atoms with Crippen LogP contribution in [-0.4, -0.2) is 56.3 Å². The molecule has 0 unspecified atom stereocenters. The molecule has 0 bridgehead atoms. The minimum Gasteiger partial charge on any atom is -0.481 e. The standard InChI is InChI=1S/C21H32N2O3/c1-2-20(21(24)22-10-5-11-23-12-14-25-15-13-23)26-19-9-8-17-6-3-4-7-18(17)16-19/h8-9,16,20H,2-7,10-15H2,1H3,(H,22,24)/t20-/m0/s1. The summed E-state index contributed by atoms with van der Waals surface area (Å²) >= 11 is 0. The summed E-state index contributed by atoms with van der Waals surface area (Å²) in [6, 6.07) is 6.30. The Bertz CT molecular complexity index is 585. The maximum absolute atomic E-state index is 12.4. The monoisotopic (exact) mass is 360 g/mol. The zero-order chi connectivity index (χ0) is 18.2. The van der Waals surface area contributed by atoms with Crippen LogP contribution in [0.15, 0.2) is 18.2 Å². The molecule has 5 heteroatoms. The van der Waals surface area contributed by atoms with Gasteiger partial charge in [0.05, 0.1) is 13.2 Å². The number of benzene rings is 1. The lowest BCUT2D eigenvalue weighted by Gasteiger charge is -2.26. The van der Waals surface area contributed by atoms with Crippen molar-refractivity contribution in [3.05, 3.63) is 29.3 Å². The molecule has 26 heavy (non-hydrogen) atoms. The number of carbonyl (C=O) groups is 1. The number of rotatable bonds is 8. The smallest absolute Gasteiger partial charge is 0.261 e. The summed E-state index contributed by atoms with van der Waals surface area (Å²) in [7, 11) is 0. The van der Waals surface area contributed by atoms with Crippen molar-refractivity contribution in [2.45, 2.75) is 51.6 Å². The van der Waals surface area contributed by atoms with Crippen LogP contribution in [0.2, 0.25) is 0 Å². The largest absolute Gasteiger partial charge is 0.481 e. The maximum atomic E-state index is 12.4. The van der Waals surface area contributed by atoms with Gasteiger partial charge in [0.25, 0.3) is 5.91 Å². The second-order valence-corrected chi connectivity index (χ2v) is 7.25. The highest BCUT2D eigenvalue weighted by Crippen LogP contribution is 2.26. The van der Waals surface area contributed by atoms with Crippen molar-refractivity contribution < 1.29 is 14.3 Å². The summed E-state index contributed by atoms with van der Waals surface area (Å²) in [5.74, 6) is 0.813. The molecular weight excluding hydrogens is 328 g/mol. The Morgan fingerprint density at radius 3 is 2.77 bits per heavy atom. The summed E-state index contributed by atoms with van der Waals surface area (Å²) in [6.07, 6.45) is 6.02. The molecule has 1 aromatic carbocycles. The highest BCUT2D eigenvalue weighted by Gasteiger charge is 2.19. The summed E-state index contributed by atoms with van der Waals surface area (Å²) in [5.41, 5.74) is 2.82. The van der Waals surface area contributed by atoms with Crippen LogP contribution in [0.3, 0.4) is 0 Å². The number of fused-ring (bicyclic) bond motifs is 1. The van der Waals surface area contributed by atoms with Gasteiger partial charge in [-0.05, 0) is 68.3 Å². The topological polar surface area (TPSA) is 50.8 Å². The number of aryl methyl sites for hydroxylation is 2. The van der Waals surface area contributed by atoms with Crippen molar-refractivity contribution in [2.75, 3.05) is 39.4 Å². The number of ether oxygens (including phenoxy) is 2. The first kappa shape index (κ1) is 19.2. The third-order valence-electron chi connectivity index (χ3n) is 5.32. The van der Waals surface area contributed by atoms with E-state index in [1.807, 2.05) is 13.0 Å². The fraction of sp³-hybridized carbons (Fsp3) is 0.667. The van der Waals surface area contributed by atoms with E-state index >= 15 is 0 Å². The number of nitrogens with one attached hydrogen (secondary N) is 1. The fourth-order valence-electron chi connectivity index (χ4n) is 3.72. The van der Waals surface area contributed by atoms with E-state index in [1.165, 1.54) is 24.0 Å². The van der Waals surface area contributed by atoms with E-state index in [2.05, 4.69) is 22.3 Å². The van der Waals surface area contributed by atoms with Gasteiger partial charge in [-0.25, -0.2) is 0 Å². The summed E-state index contributed by atoms with van der Waals surface area (Å²) < 4.78 is 11.4. The van der Waals surface area contributed by atoms with Crippen molar-refractivity contribution in [1.82, 2.24) is 10.2 Å². The van der Waals surface area contributed by atoms with Crippen LogP contribution < -0.4 is 10.1 Å². The van der Waals surface area contributed by atoms with E-state index < -0.39 is 6.10 Å². The minimum absolute atomic E-state index is 0.00722. The quantitative estimate of drug-likeness (QED) is 0.724. The van der Waals surface area contributed by atoms with E-state index in [0.29, 0.717) is 13.0 Å². The van der Waals surface area contributed by atoms with Gasteiger partial charge < -0.3 is 14.8 Å². The lowest BCUT2D eigenvalue weighted by atomic mass is 9.92. The van der Waals surface area contributed by atoms with Gasteiger partial charge in [-0.2, -0.15) is 0 Å². The fourth-order valence-corrected chi connectivity index (χ4v) is 3.72. The Balaban J connectivity index is 1.43. The zero-order valence-corrected chi connectivity index (χ0v) is 16.0. The summed E-state index contributed by atoms with van der Waals surface area (Å²) in [5, 5.41) is 3.03. The van der Waals surface area contributed by atoms with Crippen LogP contribution in [0.25, 0.3) is 0 Å². The van der Waals surface area contributed by atoms with Crippen molar-refractivity contribution in [3.63, 3.8) is 0 Å². The van der Waals surface area contributed by atoms with Gasteiger partial charge in [-0.3, -0.25) is 9.69 Å². The molecule has 1 saturated heterocycles. The molecule has 1 aliphatic carbocycles. The van der Waals surface area contributed by atoms with E-state index in [9.17, 15) is 4.79 Å². The molecule has 0 aromatic heterocycles. The lowest BCUT2D eigenvalue weighted by molar-refractivity contribution is -0.128. The van der Waals surface area contributed by atoms with Gasteiger partial charge in [0.1, 0.15) is 5.75 Å². The van der Waals surface area contributed by atoms with Crippen molar-refractivity contribution >= 4 is 5.91 Å². The molecule has 1 amide bonds. The van der Waals surface area contributed by atoms with Crippen LogP contribution >= 0.6 is 0 Å². The highest BCUT2D eigenvalue weighted by atomic mass is 16.5. The van der Waals surface area contributed by atoms with E-state index in [4.69, 9.17) is 9.47 Å². The molecule has 1 aromatic rings. The number of hydrogen-bond donors (Lipinski definition) is 1. The third-order valence-corrected chi connectivity index (χ3v) is 5.32. The molecular formula is C21H32N2O3. The molecule has 0 spiro atoms. The highest BCUT2D eigenvalue weighted by molar-refractivity contribution is 5.81. The first-order valence-electron chi connectivity index (χ1n) is 10.1. The second-order valence-electron chi connectivity index (χ2n) is 7.25. The number of nitrogens with zero attached hydrogens (tertiary/aromatic N) is 1. The first-order chi connectivity index (χ1) is 12.8. The van der Waals surface area contributed by atoms with Gasteiger partial charge in [-0.1, -0.05) is 13.0 Å². The Labute approximate surface area is 157 Å². The van der Waals surface area contributed by atoms with Crippen LogP contribution in [-0.2, 0) is 22.4 Å². The molecule has 1 aliphatic heterocycles. The molecule has 1 atom stereocenters. The maximum Gasteiger partial charge on any atom is 0.261 e. The van der Waals surface area contributed by atoms with Gasteiger partial charge in [-0.15, -0.1) is 0 Å². The van der Waals surface area contributed by atoms with E-state index in [1.54, 1.807) is 0 Å². The van der Waals surface area contributed by atoms with Gasteiger partial charge in [0.2, 0.25) is 0 Å². The predicted octanol–water partition coefficient (Wildman–Crippen LogP) is 2.56. The molecule has 144 valence electrons. The van der Waals surface area contributed by atoms with Crippen molar-refractivity contribution in [3.8, 4) is 5.75 Å². The summed E-state index contributed by atoms with van der Waals surface area (Å²) in [6.45, 7) is 7.32. The van der Waals surface area contributed by atoms with Crippen LogP contribution in [0.1, 0.15) is 43.7 Å². The average Bonchev–Trinajstić information content (AvgIpc) is 2.70. The molecule has 3 rings (SSSR count). The summed E-state index contributed by atoms with van der Waals surface area (Å²) in [4.78, 5) is 14.8. The first-order valence-corrected chi connectivity index (χ1v) is 10.1. The van der Waals surface area contributed by atoms with Gasteiger partial charge in [0, 0.05) is 19.6 Å². The Hall–Kier alpha value is -1.59. The molecule has 0 saturated carbocycles. The van der Waals surface area contributed by atoms with Crippen molar-refractivity contribution in [1.29, 1.82) is 0 Å². The molecule has 1 N–H and O–H groups in total. The van der Waals surface area contributed by atoms with Gasteiger partial charge >= 0.3 is 0 Å². The predicted molar refractivity (Wildman–Crippen MR) is 103 cm³/mol. The number of carbonyl (C=O) groups excluding carboxylic acids is 1. The van der Waals surface area contributed by atoms with Crippen LogP contribution in [0.5, 0.6) is 5.75 Å². The van der Waals surface area contributed by atoms with Gasteiger partial charge in [0.15, 0.2) is 6.10 Å². The lowest BCUT2D eigenvalue weighted by Crippen LogP contribution is -2.41. The Kier molecular flexibility index (Phi) is 7.32. The second kappa shape index (κ2) is 9.93. The third kappa shape index (κ3) is 5.45. The molecule has 5 nitrogen and oxygen atoms in total. The molecule has 0 radical (unpaired) electrons. The van der Waals surface area contributed by atoms with E-state index in [0.717, 1.165) is 57.9 Å². The van der Waals surface area contributed by atoms with Crippen LogP contribution in [0.4, 0.5) is 0 Å².